The molecule has 0 aliphatic heterocycles. The number of rotatable bonds is 4. The fourth-order valence-corrected chi connectivity index (χ4v) is 3.45. The summed E-state index contributed by atoms with van der Waals surface area (Å²) in [5.41, 5.74) is -2.56. The number of aliphatic carboxylic acids is 2. The summed E-state index contributed by atoms with van der Waals surface area (Å²) < 4.78 is 0. The van der Waals surface area contributed by atoms with Crippen LogP contribution in [0.3, 0.4) is 0 Å². The van der Waals surface area contributed by atoms with Crippen molar-refractivity contribution in [1.29, 1.82) is 0 Å². The van der Waals surface area contributed by atoms with Gasteiger partial charge in [0.1, 0.15) is 5.41 Å². The lowest BCUT2D eigenvalue weighted by molar-refractivity contribution is -0.181. The van der Waals surface area contributed by atoms with Crippen molar-refractivity contribution in [3.05, 3.63) is 12.2 Å². The van der Waals surface area contributed by atoms with Gasteiger partial charge in [0.05, 0.1) is 5.41 Å². The second-order valence-corrected chi connectivity index (χ2v) is 5.70. The third-order valence-electron chi connectivity index (χ3n) is 4.46. The van der Waals surface area contributed by atoms with Gasteiger partial charge in [0.15, 0.2) is 0 Å². The molecule has 1 aliphatic rings. The number of carboxylic acid groups (broad SMARTS) is 2. The molecule has 0 saturated carbocycles. The molecule has 0 saturated heterocycles. The summed E-state index contributed by atoms with van der Waals surface area (Å²) >= 11 is 0. The van der Waals surface area contributed by atoms with Crippen molar-refractivity contribution >= 4 is 11.9 Å². The highest BCUT2D eigenvalue weighted by molar-refractivity contribution is 5.89. The zero-order chi connectivity index (χ0) is 14.1. The van der Waals surface area contributed by atoms with E-state index in [1.165, 1.54) is 0 Å². The summed E-state index contributed by atoms with van der Waals surface area (Å²) in [5.74, 6) is -2.55. The molecule has 0 heterocycles. The van der Waals surface area contributed by atoms with Gasteiger partial charge in [0, 0.05) is 0 Å². The molecule has 2 N–H and O–H groups in total. The Labute approximate surface area is 108 Å². The fraction of sp³-hybridized carbons (Fsp3) is 0.714. The topological polar surface area (TPSA) is 74.6 Å². The van der Waals surface area contributed by atoms with E-state index in [1.807, 2.05) is 0 Å². The number of carbonyl (C=O) groups is 2. The number of allylic oxidation sites excluding steroid dienone is 1. The van der Waals surface area contributed by atoms with Gasteiger partial charge in [-0.05, 0) is 24.7 Å². The minimum Gasteiger partial charge on any atom is -0.481 e. The summed E-state index contributed by atoms with van der Waals surface area (Å²) in [5, 5.41) is 19.4. The van der Waals surface area contributed by atoms with Crippen molar-refractivity contribution in [3.63, 3.8) is 0 Å². The molecule has 1 rings (SSSR count). The molecule has 0 aromatic heterocycles. The second kappa shape index (κ2) is 4.75. The first kappa shape index (κ1) is 14.7. The third-order valence-corrected chi connectivity index (χ3v) is 4.46. The number of hydrogen-bond acceptors (Lipinski definition) is 2. The van der Waals surface area contributed by atoms with Crippen LogP contribution in [0.25, 0.3) is 0 Å². The minimum absolute atomic E-state index is 0.238. The van der Waals surface area contributed by atoms with E-state index in [-0.39, 0.29) is 11.8 Å². The smallest absolute Gasteiger partial charge is 0.314 e. The third kappa shape index (κ3) is 1.66. The molecular formula is C14H22O4. The first-order chi connectivity index (χ1) is 8.23. The van der Waals surface area contributed by atoms with Gasteiger partial charge in [-0.1, -0.05) is 39.8 Å². The molecule has 0 spiro atoms. The summed E-state index contributed by atoms with van der Waals surface area (Å²) in [6.07, 6.45) is 4.41. The van der Waals surface area contributed by atoms with Gasteiger partial charge in [0.25, 0.3) is 0 Å². The zero-order valence-electron chi connectivity index (χ0n) is 11.4. The number of hydrogen-bond donors (Lipinski definition) is 2. The molecular weight excluding hydrogens is 232 g/mol. The fourth-order valence-electron chi connectivity index (χ4n) is 3.45. The maximum absolute atomic E-state index is 11.8. The van der Waals surface area contributed by atoms with Crippen LogP contribution in [-0.2, 0) is 9.59 Å². The van der Waals surface area contributed by atoms with Crippen molar-refractivity contribution in [3.8, 4) is 0 Å². The SMILES string of the molecule is CC(C)C1(C(=O)O)C=CCCC1(C(=O)O)C(C)C. The summed E-state index contributed by atoms with van der Waals surface area (Å²) in [4.78, 5) is 23.7. The van der Waals surface area contributed by atoms with E-state index in [0.717, 1.165) is 0 Å². The van der Waals surface area contributed by atoms with Crippen LogP contribution in [0.5, 0.6) is 0 Å². The normalized spacial score (nSPS) is 31.9. The van der Waals surface area contributed by atoms with Crippen LogP contribution in [0, 0.1) is 22.7 Å². The van der Waals surface area contributed by atoms with Gasteiger partial charge in [0.2, 0.25) is 0 Å². The van der Waals surface area contributed by atoms with Gasteiger partial charge in [-0.15, -0.1) is 0 Å². The van der Waals surface area contributed by atoms with Crippen LogP contribution in [0.1, 0.15) is 40.5 Å². The van der Waals surface area contributed by atoms with Crippen molar-refractivity contribution < 1.29 is 19.8 Å². The zero-order valence-corrected chi connectivity index (χ0v) is 11.4. The van der Waals surface area contributed by atoms with E-state index in [0.29, 0.717) is 12.8 Å². The monoisotopic (exact) mass is 254 g/mol. The number of carboxylic acids is 2. The molecule has 2 atom stereocenters. The van der Waals surface area contributed by atoms with E-state index in [9.17, 15) is 19.8 Å². The quantitative estimate of drug-likeness (QED) is 0.756. The van der Waals surface area contributed by atoms with Crippen molar-refractivity contribution in [1.82, 2.24) is 0 Å². The van der Waals surface area contributed by atoms with Gasteiger partial charge in [-0.3, -0.25) is 9.59 Å². The van der Waals surface area contributed by atoms with Gasteiger partial charge in [-0.25, -0.2) is 0 Å². The molecule has 0 radical (unpaired) electrons. The molecule has 4 nitrogen and oxygen atoms in total. The second-order valence-electron chi connectivity index (χ2n) is 5.70. The van der Waals surface area contributed by atoms with Gasteiger partial charge < -0.3 is 10.2 Å². The Morgan fingerprint density at radius 3 is 1.89 bits per heavy atom. The minimum atomic E-state index is -1.33. The Bertz CT molecular complexity index is 383. The van der Waals surface area contributed by atoms with Crippen LogP contribution in [0.2, 0.25) is 0 Å². The Morgan fingerprint density at radius 1 is 1.06 bits per heavy atom. The Morgan fingerprint density at radius 2 is 1.61 bits per heavy atom. The average Bonchev–Trinajstić information content (AvgIpc) is 2.27. The van der Waals surface area contributed by atoms with E-state index in [1.54, 1.807) is 39.8 Å². The van der Waals surface area contributed by atoms with Crippen molar-refractivity contribution in [2.24, 2.45) is 22.7 Å². The van der Waals surface area contributed by atoms with E-state index in [4.69, 9.17) is 0 Å². The summed E-state index contributed by atoms with van der Waals surface area (Å²) in [7, 11) is 0. The first-order valence-electron chi connectivity index (χ1n) is 6.38. The summed E-state index contributed by atoms with van der Waals surface area (Å²) in [6, 6.07) is 0. The van der Waals surface area contributed by atoms with Gasteiger partial charge in [-0.2, -0.15) is 0 Å². The molecule has 102 valence electrons. The van der Waals surface area contributed by atoms with Crippen LogP contribution in [0.15, 0.2) is 12.2 Å². The molecule has 2 unspecified atom stereocenters. The Kier molecular flexibility index (Phi) is 3.89. The van der Waals surface area contributed by atoms with Crippen molar-refractivity contribution in [2.75, 3.05) is 0 Å². The standard InChI is InChI=1S/C14H22O4/c1-9(2)13(11(15)16)7-5-6-8-14(13,10(3)4)12(17)18/h5,7,9-10H,6,8H2,1-4H3,(H,15,16)(H,17,18). The summed E-state index contributed by atoms with van der Waals surface area (Å²) in [6.45, 7) is 7.16. The molecule has 0 bridgehead atoms. The maximum atomic E-state index is 11.8. The van der Waals surface area contributed by atoms with E-state index < -0.39 is 22.8 Å². The highest BCUT2D eigenvalue weighted by atomic mass is 16.4. The van der Waals surface area contributed by atoms with Crippen LogP contribution in [0.4, 0.5) is 0 Å². The van der Waals surface area contributed by atoms with Crippen LogP contribution < -0.4 is 0 Å². The first-order valence-corrected chi connectivity index (χ1v) is 6.38. The van der Waals surface area contributed by atoms with Crippen LogP contribution >= 0.6 is 0 Å². The maximum Gasteiger partial charge on any atom is 0.314 e. The predicted octanol–water partition coefficient (Wildman–Crippen LogP) is 2.79. The highest BCUT2D eigenvalue weighted by Gasteiger charge is 2.63. The predicted molar refractivity (Wildman–Crippen MR) is 68.2 cm³/mol. The lowest BCUT2D eigenvalue weighted by Crippen LogP contribution is -2.58. The lowest BCUT2D eigenvalue weighted by Gasteiger charge is -2.50. The molecule has 0 amide bonds. The Hall–Kier alpha value is -1.32. The molecule has 0 aromatic carbocycles. The Balaban J connectivity index is 3.60. The average molecular weight is 254 g/mol. The molecule has 0 fully saturated rings. The highest BCUT2D eigenvalue weighted by Crippen LogP contribution is 2.56. The van der Waals surface area contributed by atoms with E-state index in [2.05, 4.69) is 0 Å². The molecule has 4 heteroatoms. The van der Waals surface area contributed by atoms with E-state index >= 15 is 0 Å². The molecule has 0 aromatic rings. The van der Waals surface area contributed by atoms with Crippen molar-refractivity contribution in [2.45, 2.75) is 40.5 Å². The lowest BCUT2D eigenvalue weighted by atomic mass is 9.50. The largest absolute Gasteiger partial charge is 0.481 e. The molecule has 18 heavy (non-hydrogen) atoms. The van der Waals surface area contributed by atoms with Gasteiger partial charge >= 0.3 is 11.9 Å². The van der Waals surface area contributed by atoms with Crippen LogP contribution in [-0.4, -0.2) is 22.2 Å². The molecule has 1 aliphatic carbocycles.